The van der Waals surface area contributed by atoms with Gasteiger partial charge >= 0.3 is 5.97 Å². The molecule has 1 aromatic heterocycles. The molecule has 6 nitrogen and oxygen atoms in total. The van der Waals surface area contributed by atoms with Gasteiger partial charge in [-0.2, -0.15) is 0 Å². The van der Waals surface area contributed by atoms with Crippen molar-refractivity contribution in [3.63, 3.8) is 0 Å². The highest BCUT2D eigenvalue weighted by molar-refractivity contribution is 5.94. The Morgan fingerprint density at radius 2 is 1.92 bits per heavy atom. The number of benzene rings is 2. The Bertz CT molecular complexity index is 871. The van der Waals surface area contributed by atoms with Crippen molar-refractivity contribution in [3.05, 3.63) is 48.5 Å². The van der Waals surface area contributed by atoms with Gasteiger partial charge in [-0.1, -0.05) is 18.2 Å². The molecule has 6 heteroatoms. The number of hydrogen-bond donors (Lipinski definition) is 1. The minimum Gasteiger partial charge on any atom is -0.469 e. The van der Waals surface area contributed by atoms with E-state index in [4.69, 9.17) is 4.42 Å². The molecule has 0 saturated heterocycles. The molecule has 0 radical (unpaired) electrons. The average Bonchev–Trinajstić information content (AvgIpc) is 3.03. The Hall–Kier alpha value is -3.15. The largest absolute Gasteiger partial charge is 0.469 e. The first-order chi connectivity index (χ1) is 11.7. The fourth-order valence-corrected chi connectivity index (χ4v) is 2.25. The zero-order chi connectivity index (χ0) is 16.9. The van der Waals surface area contributed by atoms with Crippen molar-refractivity contribution in [1.29, 1.82) is 0 Å². The summed E-state index contributed by atoms with van der Waals surface area (Å²) in [6, 6.07) is 14.8. The molecule has 122 valence electrons. The van der Waals surface area contributed by atoms with Gasteiger partial charge in [0.05, 0.1) is 13.5 Å². The fourth-order valence-electron chi connectivity index (χ4n) is 2.25. The molecule has 24 heavy (non-hydrogen) atoms. The lowest BCUT2D eigenvalue weighted by atomic mass is 10.2. The summed E-state index contributed by atoms with van der Waals surface area (Å²) >= 11 is 0. The van der Waals surface area contributed by atoms with E-state index in [9.17, 15) is 9.59 Å². The fraction of sp³-hybridized carbons (Fsp3) is 0.167. The molecule has 0 atom stereocenters. The number of nitrogens with zero attached hydrogens (tertiary/aromatic N) is 1. The number of esters is 1. The third-order valence-corrected chi connectivity index (χ3v) is 3.48. The second-order valence-corrected chi connectivity index (χ2v) is 5.19. The van der Waals surface area contributed by atoms with Gasteiger partial charge in [-0.15, -0.1) is 0 Å². The van der Waals surface area contributed by atoms with E-state index in [0.717, 1.165) is 5.56 Å². The molecular weight excluding hydrogens is 308 g/mol. The number of oxazole rings is 1. The van der Waals surface area contributed by atoms with Gasteiger partial charge in [-0.25, -0.2) is 4.98 Å². The third-order valence-electron chi connectivity index (χ3n) is 3.48. The lowest BCUT2D eigenvalue weighted by Crippen LogP contribution is -2.13. The molecule has 1 heterocycles. The first kappa shape index (κ1) is 15.7. The maximum absolute atomic E-state index is 11.8. The first-order valence-corrected chi connectivity index (χ1v) is 7.48. The van der Waals surface area contributed by atoms with Gasteiger partial charge < -0.3 is 14.5 Å². The van der Waals surface area contributed by atoms with E-state index >= 15 is 0 Å². The molecule has 3 rings (SSSR count). The standard InChI is InChI=1S/C18H16N2O4/c1-23-17(22)10-9-16(21)19-13-7-8-15-14(11-13)20-18(24-15)12-5-3-2-4-6-12/h2-8,11H,9-10H2,1H3,(H,19,21). The zero-order valence-electron chi connectivity index (χ0n) is 13.1. The normalized spacial score (nSPS) is 10.5. The summed E-state index contributed by atoms with van der Waals surface area (Å²) in [7, 11) is 1.29. The van der Waals surface area contributed by atoms with Crippen molar-refractivity contribution >= 4 is 28.7 Å². The number of carbonyl (C=O) groups excluding carboxylic acids is 2. The molecule has 0 saturated carbocycles. The van der Waals surface area contributed by atoms with Crippen LogP contribution in [0.1, 0.15) is 12.8 Å². The number of hydrogen-bond acceptors (Lipinski definition) is 5. The summed E-state index contributed by atoms with van der Waals surface area (Å²) in [5.41, 5.74) is 2.78. The Balaban J connectivity index is 1.74. The van der Waals surface area contributed by atoms with Crippen molar-refractivity contribution < 1.29 is 18.7 Å². The van der Waals surface area contributed by atoms with Gasteiger partial charge in [0.15, 0.2) is 5.58 Å². The molecule has 1 N–H and O–H groups in total. The van der Waals surface area contributed by atoms with Crippen LogP contribution in [-0.2, 0) is 14.3 Å². The van der Waals surface area contributed by atoms with Crippen molar-refractivity contribution in [2.24, 2.45) is 0 Å². The lowest BCUT2D eigenvalue weighted by Gasteiger charge is -2.04. The van der Waals surface area contributed by atoms with Crippen LogP contribution in [0.2, 0.25) is 0 Å². The van der Waals surface area contributed by atoms with E-state index in [2.05, 4.69) is 15.0 Å². The number of methoxy groups -OCH3 is 1. The van der Waals surface area contributed by atoms with Crippen molar-refractivity contribution in [2.45, 2.75) is 12.8 Å². The van der Waals surface area contributed by atoms with Gasteiger partial charge in [0.2, 0.25) is 11.8 Å². The van der Waals surface area contributed by atoms with Crippen LogP contribution in [-0.4, -0.2) is 24.0 Å². The summed E-state index contributed by atoms with van der Waals surface area (Å²) in [6.07, 6.45) is 0.117. The van der Waals surface area contributed by atoms with Gasteiger partial charge in [-0.3, -0.25) is 9.59 Å². The Morgan fingerprint density at radius 1 is 1.12 bits per heavy atom. The monoisotopic (exact) mass is 324 g/mol. The van der Waals surface area contributed by atoms with Gasteiger partial charge in [0.25, 0.3) is 0 Å². The Kier molecular flexibility index (Phi) is 4.56. The summed E-state index contributed by atoms with van der Waals surface area (Å²) in [4.78, 5) is 27.3. The molecule has 0 aliphatic carbocycles. The number of rotatable bonds is 5. The second kappa shape index (κ2) is 6.95. The molecule has 0 fully saturated rings. The van der Waals surface area contributed by atoms with E-state index in [1.165, 1.54) is 7.11 Å². The summed E-state index contributed by atoms with van der Waals surface area (Å²) < 4.78 is 10.2. The van der Waals surface area contributed by atoms with Gasteiger partial charge in [0.1, 0.15) is 5.52 Å². The first-order valence-electron chi connectivity index (χ1n) is 7.48. The highest BCUT2D eigenvalue weighted by atomic mass is 16.5. The summed E-state index contributed by atoms with van der Waals surface area (Å²) in [5.74, 6) is -0.143. The topological polar surface area (TPSA) is 81.4 Å². The average molecular weight is 324 g/mol. The maximum atomic E-state index is 11.8. The maximum Gasteiger partial charge on any atom is 0.306 e. The number of ether oxygens (including phenoxy) is 1. The number of fused-ring (bicyclic) bond motifs is 1. The highest BCUT2D eigenvalue weighted by Crippen LogP contribution is 2.26. The zero-order valence-corrected chi connectivity index (χ0v) is 13.1. The van der Waals surface area contributed by atoms with E-state index in [1.807, 2.05) is 30.3 Å². The molecule has 0 spiro atoms. The van der Waals surface area contributed by atoms with Crippen molar-refractivity contribution in [2.75, 3.05) is 12.4 Å². The predicted molar refractivity (Wildman–Crippen MR) is 89.3 cm³/mol. The Labute approximate surface area is 138 Å². The lowest BCUT2D eigenvalue weighted by molar-refractivity contribution is -0.141. The van der Waals surface area contributed by atoms with Crippen LogP contribution >= 0.6 is 0 Å². The molecule has 1 amide bonds. The number of carbonyl (C=O) groups is 2. The molecule has 0 unspecified atom stereocenters. The van der Waals surface area contributed by atoms with Crippen LogP contribution in [0.15, 0.2) is 52.9 Å². The van der Waals surface area contributed by atoms with Crippen LogP contribution in [0.25, 0.3) is 22.6 Å². The predicted octanol–water partition coefficient (Wildman–Crippen LogP) is 3.39. The van der Waals surface area contributed by atoms with E-state index in [0.29, 0.717) is 22.7 Å². The van der Waals surface area contributed by atoms with Crippen LogP contribution in [0.5, 0.6) is 0 Å². The SMILES string of the molecule is COC(=O)CCC(=O)Nc1ccc2oc(-c3ccccc3)nc2c1. The molecule has 2 aromatic carbocycles. The van der Waals surface area contributed by atoms with Crippen LogP contribution in [0.3, 0.4) is 0 Å². The van der Waals surface area contributed by atoms with Crippen LogP contribution in [0.4, 0.5) is 5.69 Å². The Morgan fingerprint density at radius 3 is 2.67 bits per heavy atom. The molecule has 0 aliphatic heterocycles. The van der Waals surface area contributed by atoms with Gasteiger partial charge in [0, 0.05) is 17.7 Å². The van der Waals surface area contributed by atoms with Gasteiger partial charge in [-0.05, 0) is 30.3 Å². The van der Waals surface area contributed by atoms with Crippen LogP contribution < -0.4 is 5.32 Å². The highest BCUT2D eigenvalue weighted by Gasteiger charge is 2.11. The number of amides is 1. The number of anilines is 1. The van der Waals surface area contributed by atoms with E-state index < -0.39 is 5.97 Å². The third kappa shape index (κ3) is 3.60. The van der Waals surface area contributed by atoms with Crippen molar-refractivity contribution in [1.82, 2.24) is 4.98 Å². The smallest absolute Gasteiger partial charge is 0.306 e. The van der Waals surface area contributed by atoms with Crippen molar-refractivity contribution in [3.8, 4) is 11.5 Å². The second-order valence-electron chi connectivity index (χ2n) is 5.19. The van der Waals surface area contributed by atoms with Crippen LogP contribution in [0, 0.1) is 0 Å². The summed E-state index contributed by atoms with van der Waals surface area (Å²) in [6.45, 7) is 0. The number of nitrogens with one attached hydrogen (secondary N) is 1. The van der Waals surface area contributed by atoms with E-state index in [1.54, 1.807) is 18.2 Å². The molecule has 0 bridgehead atoms. The molecule has 3 aromatic rings. The minimum atomic E-state index is -0.412. The molecular formula is C18H16N2O4. The number of aromatic nitrogens is 1. The summed E-state index contributed by atoms with van der Waals surface area (Å²) in [5, 5.41) is 2.73. The molecule has 0 aliphatic rings. The minimum absolute atomic E-state index is 0.0483. The quantitative estimate of drug-likeness (QED) is 0.728. The van der Waals surface area contributed by atoms with E-state index in [-0.39, 0.29) is 18.7 Å².